The monoisotopic (exact) mass is 947 g/mol. The van der Waals surface area contributed by atoms with Crippen LogP contribution in [-0.2, 0) is 29.2 Å². The number of aryl methyl sites for hydroxylation is 2. The normalized spacial score (nSPS) is 17.8. The standard InChI is InChI=1S/2C23H27.C12H9Si.2ClH.Zr/c2*1-5-6-10-17-11-7-8-13-20(17)21-14-9-12-18-15-19(16-22(18)21)23(2,3)4;1-3-7-11-9(5-1)10-6-2-4-8-12(10)13-11;;;/h2*7-9,11-16H,5-6,10H2,1-4H3;1-7H,13H2;2*1H;/q;;;;;+2/p-2. The van der Waals surface area contributed by atoms with Crippen LogP contribution in [0.3, 0.4) is 0 Å². The van der Waals surface area contributed by atoms with E-state index in [0.717, 1.165) is 12.8 Å². The van der Waals surface area contributed by atoms with Gasteiger partial charge in [-0.15, -0.1) is 0 Å². The Balaban J connectivity index is 1.38. The average molecular weight is 950 g/mol. The van der Waals surface area contributed by atoms with Crippen molar-refractivity contribution in [2.75, 3.05) is 0 Å². The van der Waals surface area contributed by atoms with Crippen molar-refractivity contribution >= 4 is 52.3 Å². The molecule has 2 atom stereocenters. The summed E-state index contributed by atoms with van der Waals surface area (Å²) in [5, 5.41) is 2.96. The Labute approximate surface area is 383 Å². The predicted molar refractivity (Wildman–Crippen MR) is 272 cm³/mol. The van der Waals surface area contributed by atoms with Crippen molar-refractivity contribution in [3.8, 4) is 33.4 Å². The average Bonchev–Trinajstić information content (AvgIpc) is 3.98. The quantitative estimate of drug-likeness (QED) is 0.113. The Hall–Kier alpha value is -3.52. The summed E-state index contributed by atoms with van der Waals surface area (Å²) in [6.07, 6.45) is 11.9. The minimum absolute atomic E-state index is 0.149. The van der Waals surface area contributed by atoms with E-state index in [0.29, 0.717) is 0 Å². The number of hydrogen-bond acceptors (Lipinski definition) is 0. The summed E-state index contributed by atoms with van der Waals surface area (Å²) in [4.78, 5) is 0. The van der Waals surface area contributed by atoms with Gasteiger partial charge in [0.1, 0.15) is 0 Å². The molecule has 62 heavy (non-hydrogen) atoms. The molecule has 9 rings (SSSR count). The Morgan fingerprint density at radius 3 is 1.39 bits per heavy atom. The van der Waals surface area contributed by atoms with E-state index >= 15 is 0 Å². The molecule has 317 valence electrons. The zero-order chi connectivity index (χ0) is 43.6. The van der Waals surface area contributed by atoms with Crippen LogP contribution >= 0.6 is 17.0 Å². The maximum atomic E-state index is 9.53. The molecular weight excluding hydrogens is 887 g/mol. The molecule has 0 aromatic heterocycles. The zero-order valence-electron chi connectivity index (χ0n) is 38.1. The molecule has 0 spiro atoms. The zero-order valence-corrected chi connectivity index (χ0v) is 43.5. The second-order valence-electron chi connectivity index (χ2n) is 20.5. The van der Waals surface area contributed by atoms with E-state index < -0.39 is 25.9 Å². The Kier molecular flexibility index (Phi) is 11.6. The van der Waals surface area contributed by atoms with Gasteiger partial charge in [0.25, 0.3) is 0 Å². The molecule has 1 aliphatic heterocycles. The van der Waals surface area contributed by atoms with Gasteiger partial charge >= 0.3 is 386 Å². The number of fused-ring (bicyclic) bond motifs is 5. The van der Waals surface area contributed by atoms with Crippen LogP contribution in [0.1, 0.15) is 122 Å². The summed E-state index contributed by atoms with van der Waals surface area (Å²) in [5.74, 6) is 0. The Morgan fingerprint density at radius 1 is 0.484 bits per heavy atom. The van der Waals surface area contributed by atoms with Crippen LogP contribution in [0.25, 0.3) is 45.5 Å². The summed E-state index contributed by atoms with van der Waals surface area (Å²) >= 11 is -5.79. The molecule has 0 saturated carbocycles. The van der Waals surface area contributed by atoms with Gasteiger partial charge in [-0.3, -0.25) is 0 Å². The molecule has 0 amide bonds. The summed E-state index contributed by atoms with van der Waals surface area (Å²) in [6, 6.07) is 48.4. The van der Waals surface area contributed by atoms with Gasteiger partial charge in [0.05, 0.1) is 0 Å². The molecule has 2 unspecified atom stereocenters. The molecular formula is C58H63Cl2SiZr. The molecule has 0 bridgehead atoms. The van der Waals surface area contributed by atoms with E-state index in [1.165, 1.54) is 117 Å². The fraction of sp³-hybridized carbons (Fsp3) is 0.310. The summed E-state index contributed by atoms with van der Waals surface area (Å²) in [7, 11) is 18.2. The van der Waals surface area contributed by atoms with E-state index in [1.54, 1.807) is 0 Å². The fourth-order valence-electron chi connectivity index (χ4n) is 11.5. The number of allylic oxidation sites excluding steroid dienone is 2. The molecule has 1 heterocycles. The molecule has 4 heteroatoms. The van der Waals surface area contributed by atoms with Crippen molar-refractivity contribution in [3.63, 3.8) is 0 Å². The third-order valence-corrected chi connectivity index (χ3v) is 37.0. The SMILES string of the molecule is CCCCc1ccccc1-c1cccc2c1C=C(C(C)(C)C)[CH]2[Zr]([Cl])([Cl])([c]1cccc2c1[SiH2]c1ccccc1-2)[CH]1C(C(C)(C)C)=Cc2c(-c3ccccc3CCCC)cccc21. The van der Waals surface area contributed by atoms with Crippen molar-refractivity contribution in [1.29, 1.82) is 0 Å². The topological polar surface area (TPSA) is 0 Å². The number of unbranched alkanes of at least 4 members (excludes halogenated alkanes) is 2. The van der Waals surface area contributed by atoms with Gasteiger partial charge in [0.15, 0.2) is 0 Å². The first-order valence-electron chi connectivity index (χ1n) is 23.3. The van der Waals surface area contributed by atoms with E-state index in [-0.39, 0.29) is 18.1 Å². The molecule has 0 saturated heterocycles. The van der Waals surface area contributed by atoms with E-state index in [2.05, 4.69) is 195 Å². The fourth-order valence-corrected chi connectivity index (χ4v) is 39.9. The number of rotatable bonds is 11. The molecule has 0 nitrogen and oxygen atoms in total. The first-order chi connectivity index (χ1) is 29.7. The van der Waals surface area contributed by atoms with Gasteiger partial charge in [-0.25, -0.2) is 0 Å². The Bertz CT molecular complexity index is 2630. The van der Waals surface area contributed by atoms with Gasteiger partial charge in [0.2, 0.25) is 0 Å². The van der Waals surface area contributed by atoms with E-state index in [9.17, 15) is 17.0 Å². The van der Waals surface area contributed by atoms with Crippen molar-refractivity contribution in [2.24, 2.45) is 10.8 Å². The molecule has 3 aliphatic rings. The first-order valence-corrected chi connectivity index (χ1v) is 35.1. The van der Waals surface area contributed by atoms with Crippen molar-refractivity contribution in [1.82, 2.24) is 0 Å². The molecule has 6 aromatic carbocycles. The predicted octanol–water partition coefficient (Wildman–Crippen LogP) is 14.8. The van der Waals surface area contributed by atoms with Crippen LogP contribution < -0.4 is 13.6 Å². The van der Waals surface area contributed by atoms with Gasteiger partial charge in [0, 0.05) is 0 Å². The third kappa shape index (κ3) is 7.19. The maximum absolute atomic E-state index is 9.53. The molecule has 0 N–H and O–H groups in total. The minimum atomic E-state index is -5.79. The number of halogens is 2. The van der Waals surface area contributed by atoms with Crippen LogP contribution in [0.4, 0.5) is 0 Å². The van der Waals surface area contributed by atoms with Crippen LogP contribution in [0, 0.1) is 10.8 Å². The van der Waals surface area contributed by atoms with Crippen molar-refractivity contribution in [3.05, 3.63) is 172 Å². The molecule has 2 aliphatic carbocycles. The number of benzene rings is 6. The second kappa shape index (κ2) is 16.5. The summed E-state index contributed by atoms with van der Waals surface area (Å²) < 4.78 is 0.992. The number of hydrogen-bond donors (Lipinski definition) is 0. The summed E-state index contributed by atoms with van der Waals surface area (Å²) in [5.41, 5.74) is 18.4. The van der Waals surface area contributed by atoms with Crippen LogP contribution in [0.5, 0.6) is 0 Å². The van der Waals surface area contributed by atoms with Gasteiger partial charge in [-0.05, 0) is 0 Å². The van der Waals surface area contributed by atoms with E-state index in [4.69, 9.17) is 0 Å². The molecule has 0 radical (unpaired) electrons. The van der Waals surface area contributed by atoms with Gasteiger partial charge in [-0.1, -0.05) is 0 Å². The van der Waals surface area contributed by atoms with Crippen LogP contribution in [0.15, 0.2) is 139 Å². The van der Waals surface area contributed by atoms with Crippen molar-refractivity contribution in [2.45, 2.75) is 101 Å². The van der Waals surface area contributed by atoms with Crippen LogP contribution in [-0.4, -0.2) is 9.52 Å². The van der Waals surface area contributed by atoms with Crippen molar-refractivity contribution < 1.29 is 16.4 Å². The van der Waals surface area contributed by atoms with Gasteiger partial charge < -0.3 is 0 Å². The summed E-state index contributed by atoms with van der Waals surface area (Å²) in [6.45, 7) is 18.9. The van der Waals surface area contributed by atoms with E-state index in [1.807, 2.05) is 0 Å². The van der Waals surface area contributed by atoms with Crippen LogP contribution in [0.2, 0.25) is 0 Å². The second-order valence-corrected chi connectivity index (χ2v) is 43.0. The molecule has 0 fully saturated rings. The molecule has 6 aromatic rings. The third-order valence-electron chi connectivity index (χ3n) is 14.5. The van der Waals surface area contributed by atoms with Gasteiger partial charge in [-0.2, -0.15) is 0 Å². The Morgan fingerprint density at radius 2 is 0.903 bits per heavy atom. The first kappa shape index (κ1) is 43.7.